The number of carbonyl (C=O) groups is 2. The van der Waals surface area contributed by atoms with Gasteiger partial charge >= 0.3 is 5.97 Å². The normalized spacial score (nSPS) is 17.3. The Balaban J connectivity index is 1.57. The molecule has 7 nitrogen and oxygen atoms in total. The number of fused-ring (bicyclic) bond motifs is 2. The summed E-state index contributed by atoms with van der Waals surface area (Å²) < 4.78 is 7.30. The Kier molecular flexibility index (Phi) is 7.39. The second-order valence-corrected chi connectivity index (χ2v) is 12.1. The van der Waals surface area contributed by atoms with Crippen LogP contribution in [-0.2, 0) is 20.9 Å². The molecular weight excluding hydrogens is 593 g/mol. The molecule has 6 rings (SSSR count). The predicted octanol–water partition coefficient (Wildman–Crippen LogP) is 5.41. The van der Waals surface area contributed by atoms with Gasteiger partial charge in [0.25, 0.3) is 11.5 Å². The minimum atomic E-state index is -0.815. The van der Waals surface area contributed by atoms with Crippen molar-refractivity contribution in [3.8, 4) is 0 Å². The van der Waals surface area contributed by atoms with Gasteiger partial charge in [-0.15, -0.1) is 0 Å². The van der Waals surface area contributed by atoms with Gasteiger partial charge < -0.3 is 9.64 Å². The lowest BCUT2D eigenvalue weighted by Crippen LogP contribution is -2.41. The third-order valence-electron chi connectivity index (χ3n) is 7.18. The van der Waals surface area contributed by atoms with Crippen molar-refractivity contribution in [2.24, 2.45) is 4.99 Å². The maximum absolute atomic E-state index is 14.3. The Morgan fingerprint density at radius 3 is 2.40 bits per heavy atom. The summed E-state index contributed by atoms with van der Waals surface area (Å²) in [5.41, 5.74) is 3.37. The predicted molar refractivity (Wildman–Crippen MR) is 164 cm³/mol. The Hall–Kier alpha value is -3.98. The second-order valence-electron chi connectivity index (χ2n) is 10.3. The van der Waals surface area contributed by atoms with Gasteiger partial charge in [-0.25, -0.2) is 9.79 Å². The SMILES string of the molecule is CC1=C(C(=O)OC(C)C)[C@@H](c2ccc(Cl)cc2)n2c(s/c(=C3/C(=O)N(Cc4ccccc4Cl)c4ccccc43)c2=O)=N1. The zero-order valence-corrected chi connectivity index (χ0v) is 25.3. The number of hydrogen-bond acceptors (Lipinski definition) is 6. The third-order valence-corrected chi connectivity index (χ3v) is 8.86. The fourth-order valence-electron chi connectivity index (χ4n) is 5.32. The highest BCUT2D eigenvalue weighted by atomic mass is 35.5. The van der Waals surface area contributed by atoms with Gasteiger partial charge in [0.15, 0.2) is 4.80 Å². The first-order chi connectivity index (χ1) is 20.2. The fourth-order valence-corrected chi connectivity index (χ4v) is 6.78. The van der Waals surface area contributed by atoms with Crippen LogP contribution in [0.15, 0.2) is 93.9 Å². The minimum absolute atomic E-state index is 0.245. The number of aromatic nitrogens is 1. The fraction of sp³-hybridized carbons (Fsp3) is 0.188. The standard InChI is InChI=1S/C32H25Cl2N3O4S/c1-17(2)41-31(40)25-18(3)35-32-37(27(25)19-12-14-21(33)15-13-19)30(39)28(42-32)26-22-9-5-7-11-24(22)36(29(26)38)16-20-8-4-6-10-23(20)34/h4-15,17,27H,16H2,1-3H3/b28-26+/t27-/m1/s1. The van der Waals surface area contributed by atoms with Crippen molar-refractivity contribution in [2.75, 3.05) is 4.90 Å². The third kappa shape index (κ3) is 4.79. The molecule has 0 aliphatic carbocycles. The van der Waals surface area contributed by atoms with Crippen molar-refractivity contribution >= 4 is 57.7 Å². The molecule has 3 heterocycles. The van der Waals surface area contributed by atoms with E-state index in [4.69, 9.17) is 27.9 Å². The summed E-state index contributed by atoms with van der Waals surface area (Å²) in [5.74, 6) is -0.864. The number of allylic oxidation sites excluding steroid dienone is 1. The lowest BCUT2D eigenvalue weighted by atomic mass is 9.96. The zero-order valence-electron chi connectivity index (χ0n) is 22.9. The molecule has 0 spiro atoms. The smallest absolute Gasteiger partial charge is 0.338 e. The van der Waals surface area contributed by atoms with Gasteiger partial charge in [0.05, 0.1) is 41.2 Å². The van der Waals surface area contributed by atoms with E-state index in [9.17, 15) is 14.4 Å². The van der Waals surface area contributed by atoms with Crippen LogP contribution in [-0.4, -0.2) is 22.5 Å². The van der Waals surface area contributed by atoms with Crippen LogP contribution in [0, 0.1) is 0 Å². The van der Waals surface area contributed by atoms with E-state index in [1.807, 2.05) is 42.5 Å². The van der Waals surface area contributed by atoms with Gasteiger partial charge in [-0.3, -0.25) is 14.2 Å². The average molecular weight is 619 g/mol. The van der Waals surface area contributed by atoms with Gasteiger partial charge in [0.1, 0.15) is 4.53 Å². The van der Waals surface area contributed by atoms with E-state index < -0.39 is 17.6 Å². The molecule has 0 saturated heterocycles. The van der Waals surface area contributed by atoms with E-state index >= 15 is 0 Å². The van der Waals surface area contributed by atoms with Crippen molar-refractivity contribution in [3.63, 3.8) is 0 Å². The topological polar surface area (TPSA) is 81.0 Å². The molecule has 0 radical (unpaired) electrons. The van der Waals surface area contributed by atoms with Crippen LogP contribution in [0.1, 0.15) is 43.5 Å². The van der Waals surface area contributed by atoms with Crippen LogP contribution in [0.25, 0.3) is 5.57 Å². The summed E-state index contributed by atoms with van der Waals surface area (Å²) in [6.07, 6.45) is -0.368. The number of thiazole rings is 1. The molecule has 1 atom stereocenters. The highest BCUT2D eigenvalue weighted by Gasteiger charge is 2.37. The van der Waals surface area contributed by atoms with E-state index in [1.165, 1.54) is 4.57 Å². The highest BCUT2D eigenvalue weighted by molar-refractivity contribution is 7.07. The summed E-state index contributed by atoms with van der Waals surface area (Å²) in [7, 11) is 0. The molecule has 10 heteroatoms. The van der Waals surface area contributed by atoms with Crippen molar-refractivity contribution in [2.45, 2.75) is 39.5 Å². The maximum atomic E-state index is 14.3. The van der Waals surface area contributed by atoms with Gasteiger partial charge in [-0.1, -0.05) is 83.1 Å². The quantitative estimate of drug-likeness (QED) is 0.280. The van der Waals surface area contributed by atoms with E-state index in [1.54, 1.807) is 56.0 Å². The number of benzene rings is 3. The minimum Gasteiger partial charge on any atom is -0.459 e. The number of para-hydroxylation sites is 1. The number of esters is 1. The zero-order chi connectivity index (χ0) is 29.7. The molecule has 3 aromatic carbocycles. The number of rotatable bonds is 5. The van der Waals surface area contributed by atoms with Gasteiger partial charge in [-0.2, -0.15) is 0 Å². The molecule has 1 amide bonds. The summed E-state index contributed by atoms with van der Waals surface area (Å²) in [6.45, 7) is 5.50. The molecule has 0 bridgehead atoms. The molecule has 0 unspecified atom stereocenters. The van der Waals surface area contributed by atoms with Gasteiger partial charge in [0.2, 0.25) is 0 Å². The molecule has 42 heavy (non-hydrogen) atoms. The molecule has 0 saturated carbocycles. The molecule has 0 fully saturated rings. The van der Waals surface area contributed by atoms with Crippen molar-refractivity contribution in [1.29, 1.82) is 0 Å². The Bertz CT molecular complexity index is 1980. The molecule has 1 aromatic heterocycles. The number of halogens is 2. The van der Waals surface area contributed by atoms with Gasteiger partial charge in [-0.05, 0) is 56.2 Å². The number of carbonyl (C=O) groups excluding carboxylic acids is 2. The lowest BCUT2D eigenvalue weighted by Gasteiger charge is -2.25. The van der Waals surface area contributed by atoms with Crippen molar-refractivity contribution < 1.29 is 14.3 Å². The molecule has 2 aliphatic rings. The molecule has 2 aliphatic heterocycles. The van der Waals surface area contributed by atoms with Crippen LogP contribution in [0.5, 0.6) is 0 Å². The van der Waals surface area contributed by atoms with Gasteiger partial charge in [0, 0.05) is 15.6 Å². The van der Waals surface area contributed by atoms with Crippen molar-refractivity contribution in [1.82, 2.24) is 4.57 Å². The first kappa shape index (κ1) is 28.2. The van der Waals surface area contributed by atoms with Crippen molar-refractivity contribution in [3.05, 3.63) is 130 Å². The molecule has 0 N–H and O–H groups in total. The van der Waals surface area contributed by atoms with E-state index in [2.05, 4.69) is 4.99 Å². The second kappa shape index (κ2) is 11.0. The first-order valence-corrected chi connectivity index (χ1v) is 14.9. The molecule has 212 valence electrons. The number of ether oxygens (including phenoxy) is 1. The number of hydrogen-bond donors (Lipinski definition) is 0. The Labute approximate surface area is 255 Å². The van der Waals surface area contributed by atoms with E-state index in [-0.39, 0.29) is 28.7 Å². The van der Waals surface area contributed by atoms with Crippen LogP contribution < -0.4 is 19.8 Å². The van der Waals surface area contributed by atoms with Crippen LogP contribution in [0.4, 0.5) is 5.69 Å². The Morgan fingerprint density at radius 1 is 1.00 bits per heavy atom. The van der Waals surface area contributed by atoms with Crippen LogP contribution >= 0.6 is 34.5 Å². The number of amides is 1. The Morgan fingerprint density at radius 2 is 1.69 bits per heavy atom. The lowest BCUT2D eigenvalue weighted by molar-refractivity contribution is -0.143. The maximum Gasteiger partial charge on any atom is 0.338 e. The van der Waals surface area contributed by atoms with E-state index in [0.29, 0.717) is 42.9 Å². The van der Waals surface area contributed by atoms with Crippen LogP contribution in [0.3, 0.4) is 0 Å². The largest absolute Gasteiger partial charge is 0.459 e. The summed E-state index contributed by atoms with van der Waals surface area (Å²) in [5, 5.41) is 1.07. The summed E-state index contributed by atoms with van der Waals surface area (Å²) in [4.78, 5) is 48.4. The molecular formula is C32H25Cl2N3O4S. The van der Waals surface area contributed by atoms with E-state index in [0.717, 1.165) is 16.9 Å². The number of anilines is 1. The average Bonchev–Trinajstić information content (AvgIpc) is 3.41. The highest BCUT2D eigenvalue weighted by Crippen LogP contribution is 2.37. The first-order valence-electron chi connectivity index (χ1n) is 13.3. The number of nitrogens with zero attached hydrogens (tertiary/aromatic N) is 3. The monoisotopic (exact) mass is 617 g/mol. The summed E-state index contributed by atoms with van der Waals surface area (Å²) in [6, 6.07) is 20.9. The summed E-state index contributed by atoms with van der Waals surface area (Å²) >= 11 is 13.7. The van der Waals surface area contributed by atoms with Crippen LogP contribution in [0.2, 0.25) is 10.0 Å². The molecule has 4 aromatic rings.